The molecule has 0 fully saturated rings. The molecule has 2 aromatic carbocycles. The first-order valence-corrected chi connectivity index (χ1v) is 6.84. The van der Waals surface area contributed by atoms with Crippen molar-refractivity contribution in [2.24, 2.45) is 0 Å². The number of nitrogens with zero attached hydrogens (tertiary/aromatic N) is 1. The Labute approximate surface area is 116 Å². The van der Waals surface area contributed by atoms with Crippen molar-refractivity contribution >= 4 is 33.8 Å². The molecule has 0 bridgehead atoms. The third-order valence-electron chi connectivity index (χ3n) is 2.64. The Kier molecular flexibility index (Phi) is 3.10. The smallest absolute Gasteiger partial charge is 0.227 e. The molecule has 3 rings (SSSR count). The highest BCUT2D eigenvalue weighted by atomic mass is 35.5. The summed E-state index contributed by atoms with van der Waals surface area (Å²) in [4.78, 5) is 4.47. The van der Waals surface area contributed by atoms with E-state index in [-0.39, 0.29) is 4.90 Å². The lowest BCUT2D eigenvalue weighted by molar-refractivity contribution is 0.536. The van der Waals surface area contributed by atoms with E-state index in [2.05, 4.69) is 4.98 Å². The molecule has 19 heavy (non-hydrogen) atoms. The fourth-order valence-electron chi connectivity index (χ4n) is 1.72. The van der Waals surface area contributed by atoms with Crippen LogP contribution in [0.25, 0.3) is 22.6 Å². The van der Waals surface area contributed by atoms with Gasteiger partial charge in [-0.1, -0.05) is 11.6 Å². The topological polar surface area (TPSA) is 66.2 Å². The summed E-state index contributed by atoms with van der Waals surface area (Å²) in [6.45, 7) is 0. The first-order chi connectivity index (χ1) is 9.13. The molecule has 0 saturated carbocycles. The van der Waals surface area contributed by atoms with E-state index in [0.717, 1.165) is 5.56 Å². The molecule has 0 radical (unpaired) electrons. The SMILES string of the molecule is O=S([O-])c1ccc2nc(-c3ccc(Cl)cc3)oc2c1. The van der Waals surface area contributed by atoms with Crippen LogP contribution >= 0.6 is 11.6 Å². The average molecular weight is 293 g/mol. The Morgan fingerprint density at radius 1 is 1.16 bits per heavy atom. The van der Waals surface area contributed by atoms with E-state index in [1.165, 1.54) is 12.1 Å². The van der Waals surface area contributed by atoms with Crippen LogP contribution in [0.5, 0.6) is 0 Å². The molecule has 6 heteroatoms. The lowest BCUT2D eigenvalue weighted by Crippen LogP contribution is -1.86. The quantitative estimate of drug-likeness (QED) is 0.679. The summed E-state index contributed by atoms with van der Waals surface area (Å²) in [6, 6.07) is 11.6. The lowest BCUT2D eigenvalue weighted by atomic mass is 10.2. The Morgan fingerprint density at radius 3 is 2.58 bits per heavy atom. The van der Waals surface area contributed by atoms with Gasteiger partial charge in [-0.25, -0.2) is 4.98 Å². The van der Waals surface area contributed by atoms with Crippen molar-refractivity contribution in [3.63, 3.8) is 0 Å². The third-order valence-corrected chi connectivity index (χ3v) is 3.53. The molecule has 0 saturated heterocycles. The molecule has 3 aromatic rings. The minimum absolute atomic E-state index is 0.173. The van der Waals surface area contributed by atoms with Gasteiger partial charge in [0.2, 0.25) is 5.89 Å². The number of oxazole rings is 1. The summed E-state index contributed by atoms with van der Waals surface area (Å²) in [5, 5.41) is 0.629. The summed E-state index contributed by atoms with van der Waals surface area (Å²) in [5.41, 5.74) is 1.83. The van der Waals surface area contributed by atoms with Crippen molar-refractivity contribution < 1.29 is 13.2 Å². The molecule has 0 spiro atoms. The largest absolute Gasteiger partial charge is 0.768 e. The number of benzene rings is 2. The van der Waals surface area contributed by atoms with Crippen molar-refractivity contribution in [2.45, 2.75) is 4.90 Å². The van der Waals surface area contributed by atoms with Crippen LogP contribution in [0.1, 0.15) is 0 Å². The van der Waals surface area contributed by atoms with Gasteiger partial charge in [-0.05, 0) is 53.5 Å². The van der Waals surface area contributed by atoms with Gasteiger partial charge in [-0.2, -0.15) is 0 Å². The molecule has 0 aliphatic rings. The normalized spacial score (nSPS) is 12.7. The van der Waals surface area contributed by atoms with Crippen molar-refractivity contribution in [3.8, 4) is 11.5 Å². The maximum atomic E-state index is 10.9. The van der Waals surface area contributed by atoms with Gasteiger partial charge < -0.3 is 8.97 Å². The minimum atomic E-state index is -2.28. The molecule has 0 aliphatic heterocycles. The molecule has 1 heterocycles. The second-order valence-corrected chi connectivity index (χ2v) is 5.27. The van der Waals surface area contributed by atoms with Crippen LogP contribution < -0.4 is 0 Å². The van der Waals surface area contributed by atoms with Crippen LogP contribution in [0.3, 0.4) is 0 Å². The van der Waals surface area contributed by atoms with E-state index in [4.69, 9.17) is 16.0 Å². The van der Waals surface area contributed by atoms with E-state index in [0.29, 0.717) is 22.0 Å². The third kappa shape index (κ3) is 2.40. The zero-order valence-corrected chi connectivity index (χ0v) is 11.1. The summed E-state index contributed by atoms with van der Waals surface area (Å²) in [7, 11) is 0. The summed E-state index contributed by atoms with van der Waals surface area (Å²) in [5.74, 6) is 0.431. The second kappa shape index (κ2) is 4.77. The van der Waals surface area contributed by atoms with Gasteiger partial charge in [-0.15, -0.1) is 0 Å². The van der Waals surface area contributed by atoms with Crippen LogP contribution in [0.2, 0.25) is 5.02 Å². The van der Waals surface area contributed by atoms with Crippen LogP contribution in [0.4, 0.5) is 0 Å². The van der Waals surface area contributed by atoms with Crippen molar-refractivity contribution in [2.75, 3.05) is 0 Å². The molecule has 0 aliphatic carbocycles. The van der Waals surface area contributed by atoms with Gasteiger partial charge >= 0.3 is 0 Å². The Balaban J connectivity index is 2.11. The predicted molar refractivity (Wildman–Crippen MR) is 71.6 cm³/mol. The van der Waals surface area contributed by atoms with Crippen LogP contribution in [-0.2, 0) is 11.1 Å². The molecule has 96 valence electrons. The average Bonchev–Trinajstić information content (AvgIpc) is 2.82. The van der Waals surface area contributed by atoms with Gasteiger partial charge in [0.15, 0.2) is 5.58 Å². The Bertz CT molecular complexity index is 767. The monoisotopic (exact) mass is 292 g/mol. The van der Waals surface area contributed by atoms with Gasteiger partial charge in [0.05, 0.1) is 0 Å². The summed E-state index contributed by atoms with van der Waals surface area (Å²) < 4.78 is 27.3. The van der Waals surface area contributed by atoms with Gasteiger partial charge in [0.25, 0.3) is 0 Å². The maximum absolute atomic E-state index is 10.9. The fraction of sp³-hybridized carbons (Fsp3) is 0. The minimum Gasteiger partial charge on any atom is -0.768 e. The van der Waals surface area contributed by atoms with E-state index >= 15 is 0 Å². The molecule has 1 atom stereocenters. The number of fused-ring (bicyclic) bond motifs is 1. The van der Waals surface area contributed by atoms with Crippen molar-refractivity contribution in [1.82, 2.24) is 4.98 Å². The Morgan fingerprint density at radius 2 is 1.89 bits per heavy atom. The molecule has 1 unspecified atom stereocenters. The standard InChI is InChI=1S/C13H8ClNO3S/c14-9-3-1-8(2-4-9)13-15-11-6-5-10(19(16)17)7-12(11)18-13/h1-7H,(H,16,17)/p-1. The van der Waals surface area contributed by atoms with E-state index < -0.39 is 11.1 Å². The number of halogens is 1. The molecule has 0 N–H and O–H groups in total. The number of hydrogen-bond acceptors (Lipinski definition) is 4. The van der Waals surface area contributed by atoms with E-state index in [1.807, 2.05) is 0 Å². The molecule has 0 amide bonds. The van der Waals surface area contributed by atoms with Gasteiger partial charge in [-0.3, -0.25) is 4.21 Å². The van der Waals surface area contributed by atoms with Crippen LogP contribution in [0.15, 0.2) is 51.8 Å². The second-order valence-electron chi connectivity index (χ2n) is 3.89. The lowest BCUT2D eigenvalue weighted by Gasteiger charge is -2.02. The summed E-state index contributed by atoms with van der Waals surface area (Å²) in [6.07, 6.45) is 0. The number of aromatic nitrogens is 1. The van der Waals surface area contributed by atoms with Crippen molar-refractivity contribution in [1.29, 1.82) is 0 Å². The zero-order chi connectivity index (χ0) is 13.4. The van der Waals surface area contributed by atoms with Gasteiger partial charge in [0.1, 0.15) is 5.52 Å². The van der Waals surface area contributed by atoms with E-state index in [9.17, 15) is 8.76 Å². The molecule has 1 aromatic heterocycles. The summed E-state index contributed by atoms with van der Waals surface area (Å²) >= 11 is 3.54. The highest BCUT2D eigenvalue weighted by Crippen LogP contribution is 2.26. The highest BCUT2D eigenvalue weighted by Gasteiger charge is 2.08. The number of hydrogen-bond donors (Lipinski definition) is 0. The first kappa shape index (κ1) is 12.3. The molecular weight excluding hydrogens is 286 g/mol. The van der Waals surface area contributed by atoms with Crippen molar-refractivity contribution in [3.05, 3.63) is 47.5 Å². The van der Waals surface area contributed by atoms with E-state index in [1.54, 1.807) is 30.3 Å². The predicted octanol–water partition coefficient (Wildman–Crippen LogP) is 3.39. The van der Waals surface area contributed by atoms with Gasteiger partial charge in [0, 0.05) is 15.5 Å². The fourth-order valence-corrected chi connectivity index (χ4v) is 2.23. The zero-order valence-electron chi connectivity index (χ0n) is 9.50. The molecule has 4 nitrogen and oxygen atoms in total. The first-order valence-electron chi connectivity index (χ1n) is 5.39. The maximum Gasteiger partial charge on any atom is 0.227 e. The molecular formula is C13H7ClNO3S-. The Hall–Kier alpha value is -1.69. The van der Waals surface area contributed by atoms with Crippen LogP contribution in [-0.4, -0.2) is 13.7 Å². The van der Waals surface area contributed by atoms with Crippen LogP contribution in [0, 0.1) is 0 Å². The highest BCUT2D eigenvalue weighted by molar-refractivity contribution is 7.79. The number of rotatable bonds is 2.